The van der Waals surface area contributed by atoms with Gasteiger partial charge in [-0.25, -0.2) is 4.79 Å². The Morgan fingerprint density at radius 3 is 2.29 bits per heavy atom. The van der Waals surface area contributed by atoms with Gasteiger partial charge in [-0.15, -0.1) is 0 Å². The van der Waals surface area contributed by atoms with Gasteiger partial charge in [-0.1, -0.05) is 32.1 Å². The van der Waals surface area contributed by atoms with Crippen LogP contribution in [0.2, 0.25) is 0 Å². The predicted octanol–water partition coefficient (Wildman–Crippen LogP) is 3.29. The second-order valence-corrected chi connectivity index (χ2v) is 6.75. The average molecular weight is 296 g/mol. The van der Waals surface area contributed by atoms with E-state index in [-0.39, 0.29) is 12.6 Å². The summed E-state index contributed by atoms with van der Waals surface area (Å²) in [4.78, 5) is 14.4. The highest BCUT2D eigenvalue weighted by Gasteiger charge is 2.32. The molecular formula is C17H32N2O2. The first kappa shape index (κ1) is 16.6. The highest BCUT2D eigenvalue weighted by atomic mass is 16.3. The number of unbranched alkanes of at least 4 members (excludes halogenated alkanes) is 1. The number of nitrogens with one attached hydrogen (secondary N) is 1. The molecule has 2 amide bonds. The molecule has 0 aromatic rings. The Morgan fingerprint density at radius 2 is 1.67 bits per heavy atom. The van der Waals surface area contributed by atoms with Crippen LogP contribution in [0, 0.1) is 5.92 Å². The maximum Gasteiger partial charge on any atom is 0.317 e. The Balaban J connectivity index is 1.70. The van der Waals surface area contributed by atoms with Gasteiger partial charge in [0.05, 0.1) is 0 Å². The molecule has 0 unspecified atom stereocenters. The predicted molar refractivity (Wildman–Crippen MR) is 85.3 cm³/mol. The molecule has 0 atom stereocenters. The highest BCUT2D eigenvalue weighted by molar-refractivity contribution is 5.74. The van der Waals surface area contributed by atoms with Gasteiger partial charge in [0.25, 0.3) is 0 Å². The Labute approximate surface area is 129 Å². The first-order chi connectivity index (χ1) is 10.3. The van der Waals surface area contributed by atoms with Crippen LogP contribution in [-0.2, 0) is 0 Å². The lowest BCUT2D eigenvalue weighted by Crippen LogP contribution is -2.43. The van der Waals surface area contributed by atoms with Crippen LogP contribution in [-0.4, -0.2) is 41.8 Å². The van der Waals surface area contributed by atoms with Crippen LogP contribution >= 0.6 is 0 Å². The number of aliphatic hydroxyl groups is 1. The van der Waals surface area contributed by atoms with Gasteiger partial charge in [0.15, 0.2) is 0 Å². The van der Waals surface area contributed by atoms with Crippen molar-refractivity contribution in [1.82, 2.24) is 10.2 Å². The van der Waals surface area contributed by atoms with Gasteiger partial charge in [-0.2, -0.15) is 0 Å². The maximum atomic E-state index is 12.4. The molecule has 2 saturated carbocycles. The number of rotatable bonds is 7. The smallest absolute Gasteiger partial charge is 0.317 e. The summed E-state index contributed by atoms with van der Waals surface area (Å²) in [6, 6.07) is 0.582. The summed E-state index contributed by atoms with van der Waals surface area (Å²) in [5.74, 6) is 0.674. The monoisotopic (exact) mass is 296 g/mol. The van der Waals surface area contributed by atoms with E-state index in [1.807, 2.05) is 4.90 Å². The number of hydrogen-bond acceptors (Lipinski definition) is 2. The van der Waals surface area contributed by atoms with Crippen molar-refractivity contribution in [1.29, 1.82) is 0 Å². The summed E-state index contributed by atoms with van der Waals surface area (Å²) >= 11 is 0. The average Bonchev–Trinajstić information content (AvgIpc) is 3.26. The molecule has 21 heavy (non-hydrogen) atoms. The molecule has 0 aliphatic heterocycles. The topological polar surface area (TPSA) is 52.6 Å². The SMILES string of the molecule is O=C(NCC1CCCCCCC1)N(CCCCO)C1CC1. The molecular weight excluding hydrogens is 264 g/mol. The summed E-state index contributed by atoms with van der Waals surface area (Å²) in [5, 5.41) is 12.0. The Bertz CT molecular complexity index is 297. The third kappa shape index (κ3) is 6.25. The molecule has 4 heteroatoms. The molecule has 2 N–H and O–H groups in total. The summed E-state index contributed by atoms with van der Waals surface area (Å²) < 4.78 is 0. The van der Waals surface area contributed by atoms with Crippen molar-refractivity contribution in [3.05, 3.63) is 0 Å². The van der Waals surface area contributed by atoms with E-state index in [2.05, 4.69) is 5.32 Å². The summed E-state index contributed by atoms with van der Waals surface area (Å²) in [5.41, 5.74) is 0. The molecule has 2 fully saturated rings. The number of urea groups is 1. The van der Waals surface area contributed by atoms with Crippen molar-refractivity contribution >= 4 is 6.03 Å². The fourth-order valence-corrected chi connectivity index (χ4v) is 3.31. The van der Waals surface area contributed by atoms with E-state index in [4.69, 9.17) is 5.11 Å². The van der Waals surface area contributed by atoms with Gasteiger partial charge < -0.3 is 15.3 Å². The molecule has 0 aromatic carbocycles. The quantitative estimate of drug-likeness (QED) is 0.708. The number of hydrogen-bond donors (Lipinski definition) is 2. The highest BCUT2D eigenvalue weighted by Crippen LogP contribution is 2.27. The van der Waals surface area contributed by atoms with Crippen LogP contribution < -0.4 is 5.32 Å². The molecule has 0 bridgehead atoms. The van der Waals surface area contributed by atoms with Crippen molar-refractivity contribution in [3.63, 3.8) is 0 Å². The van der Waals surface area contributed by atoms with Crippen molar-refractivity contribution in [2.75, 3.05) is 19.7 Å². The number of carbonyl (C=O) groups excluding carboxylic acids is 1. The van der Waals surface area contributed by atoms with Crippen LogP contribution in [0.15, 0.2) is 0 Å². The van der Waals surface area contributed by atoms with Crippen molar-refractivity contribution in [2.45, 2.75) is 76.7 Å². The van der Waals surface area contributed by atoms with Crippen molar-refractivity contribution in [3.8, 4) is 0 Å². The van der Waals surface area contributed by atoms with Crippen LogP contribution in [0.1, 0.15) is 70.6 Å². The lowest BCUT2D eigenvalue weighted by molar-refractivity contribution is 0.187. The van der Waals surface area contributed by atoms with E-state index in [0.717, 1.165) is 38.8 Å². The minimum Gasteiger partial charge on any atom is -0.396 e. The zero-order valence-corrected chi connectivity index (χ0v) is 13.4. The number of aliphatic hydroxyl groups excluding tert-OH is 1. The van der Waals surface area contributed by atoms with E-state index in [1.54, 1.807) is 0 Å². The van der Waals surface area contributed by atoms with Gasteiger partial charge in [-0.05, 0) is 44.4 Å². The third-order valence-corrected chi connectivity index (χ3v) is 4.82. The van der Waals surface area contributed by atoms with Crippen LogP contribution in [0.4, 0.5) is 4.79 Å². The normalized spacial score (nSPS) is 20.6. The molecule has 0 saturated heterocycles. The minimum absolute atomic E-state index is 0.123. The fraction of sp³-hybridized carbons (Fsp3) is 0.941. The maximum absolute atomic E-state index is 12.4. The van der Waals surface area contributed by atoms with E-state index in [9.17, 15) is 4.79 Å². The van der Waals surface area contributed by atoms with Gasteiger partial charge in [0.1, 0.15) is 0 Å². The number of nitrogens with zero attached hydrogens (tertiary/aromatic N) is 1. The molecule has 122 valence electrons. The molecule has 2 aliphatic rings. The molecule has 0 radical (unpaired) electrons. The second kappa shape index (κ2) is 9.29. The van der Waals surface area contributed by atoms with Gasteiger partial charge in [0, 0.05) is 25.7 Å². The third-order valence-electron chi connectivity index (χ3n) is 4.82. The van der Waals surface area contributed by atoms with Crippen LogP contribution in [0.5, 0.6) is 0 Å². The zero-order valence-electron chi connectivity index (χ0n) is 13.4. The molecule has 0 spiro atoms. The first-order valence-electron chi connectivity index (χ1n) is 8.96. The largest absolute Gasteiger partial charge is 0.396 e. The second-order valence-electron chi connectivity index (χ2n) is 6.75. The Morgan fingerprint density at radius 1 is 1.00 bits per heavy atom. The van der Waals surface area contributed by atoms with Gasteiger partial charge >= 0.3 is 6.03 Å². The van der Waals surface area contributed by atoms with Crippen molar-refractivity contribution in [2.24, 2.45) is 5.92 Å². The standard InChI is InChI=1S/C17H32N2O2/c20-13-7-6-12-19(16-10-11-16)17(21)18-14-15-8-4-2-1-3-5-9-15/h15-16,20H,1-14H2,(H,18,21). The van der Waals surface area contributed by atoms with Gasteiger partial charge in [-0.3, -0.25) is 0 Å². The Hall–Kier alpha value is -0.770. The van der Waals surface area contributed by atoms with E-state index in [0.29, 0.717) is 12.0 Å². The minimum atomic E-state index is 0.123. The summed E-state index contributed by atoms with van der Waals surface area (Å²) in [6.07, 6.45) is 13.3. The van der Waals surface area contributed by atoms with E-state index < -0.39 is 0 Å². The van der Waals surface area contributed by atoms with E-state index >= 15 is 0 Å². The Kier molecular flexibility index (Phi) is 7.34. The first-order valence-corrected chi connectivity index (χ1v) is 8.96. The van der Waals surface area contributed by atoms with Crippen molar-refractivity contribution < 1.29 is 9.90 Å². The molecule has 0 aromatic heterocycles. The number of carbonyl (C=O) groups is 1. The molecule has 2 aliphatic carbocycles. The molecule has 2 rings (SSSR count). The van der Waals surface area contributed by atoms with E-state index in [1.165, 1.54) is 44.9 Å². The zero-order chi connectivity index (χ0) is 14.9. The number of amides is 2. The molecule has 0 heterocycles. The van der Waals surface area contributed by atoms with Crippen LogP contribution in [0.3, 0.4) is 0 Å². The lowest BCUT2D eigenvalue weighted by Gasteiger charge is -2.25. The lowest BCUT2D eigenvalue weighted by atomic mass is 9.91. The van der Waals surface area contributed by atoms with Crippen LogP contribution in [0.25, 0.3) is 0 Å². The summed E-state index contributed by atoms with van der Waals surface area (Å²) in [6.45, 7) is 1.87. The molecule has 4 nitrogen and oxygen atoms in total. The summed E-state index contributed by atoms with van der Waals surface area (Å²) in [7, 11) is 0. The fourth-order valence-electron chi connectivity index (χ4n) is 3.31. The van der Waals surface area contributed by atoms with Gasteiger partial charge in [0.2, 0.25) is 0 Å².